The molecule has 0 amide bonds. The molecule has 1 nitrogen and oxygen atoms in total. The van der Waals surface area contributed by atoms with Gasteiger partial charge in [0.15, 0.2) is 0 Å². The Morgan fingerprint density at radius 1 is 0.852 bits per heavy atom. The number of para-hydroxylation sites is 1. The first-order chi connectivity index (χ1) is 13.2. The zero-order valence-corrected chi connectivity index (χ0v) is 17.7. The van der Waals surface area contributed by atoms with Crippen molar-refractivity contribution in [1.29, 1.82) is 0 Å². The van der Waals surface area contributed by atoms with Gasteiger partial charge in [0.05, 0.1) is 11.4 Å². The highest BCUT2D eigenvalue weighted by Gasteiger charge is 2.32. The van der Waals surface area contributed by atoms with Gasteiger partial charge in [0.2, 0.25) is 0 Å². The average molecular weight is 377 g/mol. The molecule has 1 unspecified atom stereocenters. The normalized spacial score (nSPS) is 20.6. The Hall–Kier alpha value is -1.35. The number of anilines is 2. The maximum absolute atomic E-state index is 3.67. The van der Waals surface area contributed by atoms with E-state index in [1.165, 1.54) is 84.5 Å². The lowest BCUT2D eigenvalue weighted by Gasteiger charge is -2.38. The molecule has 1 heterocycles. The first kappa shape index (κ1) is 19.0. The Morgan fingerprint density at radius 3 is 2.22 bits per heavy atom. The van der Waals surface area contributed by atoms with E-state index < -0.39 is 0 Å². The molecule has 3 heteroatoms. The van der Waals surface area contributed by atoms with Gasteiger partial charge in [0, 0.05) is 9.79 Å². The highest BCUT2D eigenvalue weighted by atomic mass is 32.2. The van der Waals surface area contributed by atoms with E-state index in [2.05, 4.69) is 62.6 Å². The molecule has 1 aliphatic heterocycles. The number of rotatable bonds is 2. The Kier molecular flexibility index (Phi) is 5.87. The minimum absolute atomic E-state index is 0.422. The highest BCUT2D eigenvalue weighted by Crippen LogP contribution is 2.51. The van der Waals surface area contributed by atoms with Gasteiger partial charge in [-0.25, -0.2) is 0 Å². The predicted molar refractivity (Wildman–Crippen MR) is 121 cm³/mol. The lowest BCUT2D eigenvalue weighted by molar-refractivity contribution is 0.365. The van der Waals surface area contributed by atoms with Gasteiger partial charge in [0.1, 0.15) is 7.85 Å². The van der Waals surface area contributed by atoms with Gasteiger partial charge >= 0.3 is 0 Å². The Balaban J connectivity index is 1.55. The van der Waals surface area contributed by atoms with Crippen LogP contribution in [0.5, 0.6) is 0 Å². The van der Waals surface area contributed by atoms with Crippen molar-refractivity contribution in [1.82, 2.24) is 0 Å². The molecule has 0 aromatic heterocycles. The minimum Gasteiger partial charge on any atom is -0.354 e. The van der Waals surface area contributed by atoms with Crippen LogP contribution in [0.2, 0.25) is 5.31 Å². The molecule has 142 valence electrons. The van der Waals surface area contributed by atoms with E-state index in [0.29, 0.717) is 11.2 Å². The molecule has 0 spiro atoms. The fraction of sp³-hybridized carbons (Fsp3) is 0.500. The van der Waals surface area contributed by atoms with Gasteiger partial charge in [-0.05, 0) is 35.7 Å². The van der Waals surface area contributed by atoms with E-state index in [1.807, 2.05) is 11.8 Å². The van der Waals surface area contributed by atoms with Crippen molar-refractivity contribution >= 4 is 31.0 Å². The predicted octanol–water partition coefficient (Wildman–Crippen LogP) is 7.31. The zero-order valence-electron chi connectivity index (χ0n) is 16.9. The summed E-state index contributed by atoms with van der Waals surface area (Å²) < 4.78 is 0. The molecule has 1 N–H and O–H groups in total. The number of fused-ring (bicyclic) bond motifs is 2. The second-order valence-electron chi connectivity index (χ2n) is 8.83. The molecule has 0 radical (unpaired) electrons. The summed E-state index contributed by atoms with van der Waals surface area (Å²) in [6, 6.07) is 15.8. The molecule has 2 aliphatic rings. The summed E-state index contributed by atoms with van der Waals surface area (Å²) in [6.07, 6.45) is 12.7. The molecule has 4 rings (SSSR count). The van der Waals surface area contributed by atoms with Crippen molar-refractivity contribution < 1.29 is 0 Å². The van der Waals surface area contributed by atoms with Crippen LogP contribution in [0, 0.1) is 0 Å². The van der Waals surface area contributed by atoms with Crippen LogP contribution in [0.1, 0.15) is 76.2 Å². The summed E-state index contributed by atoms with van der Waals surface area (Å²) in [5.41, 5.74) is 4.03. The third-order valence-corrected chi connectivity index (χ3v) is 8.07. The van der Waals surface area contributed by atoms with Crippen LogP contribution in [0.3, 0.4) is 0 Å². The van der Waals surface area contributed by atoms with Gasteiger partial charge in [-0.3, -0.25) is 0 Å². The standard InChI is InChI=1S/C24H32BNS/c1-18(24(25)15-9-5-3-2-4-6-10-16-24)19-13-14-23-21(17-19)26-20-11-7-8-12-22(20)27-23/h7-8,11-14,17-18,26H,2-6,9-10,15-16,25H2,1H3. The van der Waals surface area contributed by atoms with Gasteiger partial charge in [0.25, 0.3) is 0 Å². The fourth-order valence-corrected chi connectivity index (χ4v) is 5.80. The summed E-state index contributed by atoms with van der Waals surface area (Å²) in [5, 5.41) is 4.09. The molecule has 2 aromatic carbocycles. The first-order valence-electron chi connectivity index (χ1n) is 10.8. The van der Waals surface area contributed by atoms with Crippen molar-refractivity contribution in [3.8, 4) is 0 Å². The second-order valence-corrected chi connectivity index (χ2v) is 9.91. The van der Waals surface area contributed by atoms with Crippen LogP contribution in [-0.2, 0) is 0 Å². The SMILES string of the molecule is BC1(C(C)c2ccc3c(c2)Nc2ccccc2S3)CCCCCCCCC1. The van der Waals surface area contributed by atoms with Crippen LogP contribution < -0.4 is 5.32 Å². The zero-order chi connectivity index (χ0) is 18.7. The minimum atomic E-state index is 0.422. The molecular weight excluding hydrogens is 345 g/mol. The van der Waals surface area contributed by atoms with Gasteiger partial charge < -0.3 is 5.32 Å². The summed E-state index contributed by atoms with van der Waals surface area (Å²) in [6.45, 7) is 2.47. The van der Waals surface area contributed by atoms with Crippen LogP contribution in [-0.4, -0.2) is 7.85 Å². The second kappa shape index (κ2) is 8.35. The fourth-order valence-electron chi connectivity index (χ4n) is 4.83. The summed E-state index contributed by atoms with van der Waals surface area (Å²) >= 11 is 1.89. The van der Waals surface area contributed by atoms with E-state index in [4.69, 9.17) is 0 Å². The van der Waals surface area contributed by atoms with Gasteiger partial charge in [-0.1, -0.05) is 100.0 Å². The third kappa shape index (κ3) is 4.24. The Morgan fingerprint density at radius 2 is 1.48 bits per heavy atom. The molecule has 27 heavy (non-hydrogen) atoms. The quantitative estimate of drug-likeness (QED) is 0.470. The van der Waals surface area contributed by atoms with Crippen molar-refractivity contribution in [2.45, 2.75) is 85.7 Å². The van der Waals surface area contributed by atoms with Crippen molar-refractivity contribution in [3.63, 3.8) is 0 Å². The lowest BCUT2D eigenvalue weighted by Crippen LogP contribution is -2.21. The van der Waals surface area contributed by atoms with Gasteiger partial charge in [-0.2, -0.15) is 0 Å². The largest absolute Gasteiger partial charge is 0.354 e. The highest BCUT2D eigenvalue weighted by molar-refractivity contribution is 7.99. The van der Waals surface area contributed by atoms with E-state index >= 15 is 0 Å². The van der Waals surface area contributed by atoms with Crippen molar-refractivity contribution in [3.05, 3.63) is 48.0 Å². The van der Waals surface area contributed by atoms with Crippen LogP contribution in [0.25, 0.3) is 0 Å². The number of nitrogens with one attached hydrogen (secondary N) is 1. The van der Waals surface area contributed by atoms with E-state index in [-0.39, 0.29) is 0 Å². The molecule has 0 bridgehead atoms. The maximum atomic E-state index is 3.67. The summed E-state index contributed by atoms with van der Waals surface area (Å²) in [5.74, 6) is 0.603. The summed E-state index contributed by atoms with van der Waals surface area (Å²) in [4.78, 5) is 2.67. The molecule has 2 aromatic rings. The lowest BCUT2D eigenvalue weighted by atomic mass is 9.54. The van der Waals surface area contributed by atoms with Crippen LogP contribution >= 0.6 is 11.8 Å². The van der Waals surface area contributed by atoms with E-state index in [9.17, 15) is 0 Å². The Labute approximate surface area is 170 Å². The van der Waals surface area contributed by atoms with Crippen molar-refractivity contribution in [2.24, 2.45) is 0 Å². The molecule has 0 saturated heterocycles. The Bertz CT molecular complexity index is 778. The molecule has 1 fully saturated rings. The average Bonchev–Trinajstić information content (AvgIpc) is 2.70. The molecule has 1 saturated carbocycles. The summed E-state index contributed by atoms with van der Waals surface area (Å²) in [7, 11) is 2.55. The third-order valence-electron chi connectivity index (χ3n) is 6.92. The smallest absolute Gasteiger partial charge is 0.110 e. The topological polar surface area (TPSA) is 12.0 Å². The number of hydrogen-bond acceptors (Lipinski definition) is 2. The van der Waals surface area contributed by atoms with Gasteiger partial charge in [-0.15, -0.1) is 0 Å². The monoisotopic (exact) mass is 377 g/mol. The number of hydrogen-bond donors (Lipinski definition) is 1. The maximum Gasteiger partial charge on any atom is 0.110 e. The molecular formula is C24H32BNS. The van der Waals surface area contributed by atoms with Crippen LogP contribution in [0.15, 0.2) is 52.3 Å². The molecule has 1 atom stereocenters. The van der Waals surface area contributed by atoms with E-state index in [0.717, 1.165) is 0 Å². The van der Waals surface area contributed by atoms with E-state index in [1.54, 1.807) is 0 Å². The number of benzene rings is 2. The molecule has 1 aliphatic carbocycles. The van der Waals surface area contributed by atoms with Crippen molar-refractivity contribution in [2.75, 3.05) is 5.32 Å². The van der Waals surface area contributed by atoms with Crippen LogP contribution in [0.4, 0.5) is 11.4 Å². The first-order valence-corrected chi connectivity index (χ1v) is 11.7.